The van der Waals surface area contributed by atoms with E-state index in [1.165, 1.54) is 0 Å². The molecule has 0 fully saturated rings. The number of aryl methyl sites for hydroxylation is 2. The molecular formula is C25H25NO2S2. The molecule has 0 saturated heterocycles. The maximum absolute atomic E-state index is 13.5. The number of nitrogens with one attached hydrogen (secondary N) is 1. The van der Waals surface area contributed by atoms with Crippen LogP contribution in [0.2, 0.25) is 0 Å². The molecule has 2 unspecified atom stereocenters. The molecule has 0 bridgehead atoms. The zero-order valence-corrected chi connectivity index (χ0v) is 18.7. The summed E-state index contributed by atoms with van der Waals surface area (Å²) >= 11 is 0. The molecule has 0 aromatic heterocycles. The molecule has 0 saturated carbocycles. The molecule has 154 valence electrons. The second-order valence-corrected chi connectivity index (χ2v) is 9.65. The molecule has 3 aromatic rings. The van der Waals surface area contributed by atoms with Crippen LogP contribution in [0.5, 0.6) is 0 Å². The third-order valence-electron chi connectivity index (χ3n) is 4.61. The summed E-state index contributed by atoms with van der Waals surface area (Å²) in [6.07, 6.45) is 3.36. The molecule has 3 aromatic carbocycles. The van der Waals surface area contributed by atoms with E-state index < -0.39 is 27.8 Å². The summed E-state index contributed by atoms with van der Waals surface area (Å²) in [5.74, 6) is 0. The van der Waals surface area contributed by atoms with Gasteiger partial charge in [-0.15, -0.1) is 0 Å². The molecule has 0 radical (unpaired) electrons. The van der Waals surface area contributed by atoms with Gasteiger partial charge in [-0.25, -0.2) is 13.1 Å². The second kappa shape index (κ2) is 10.4. The van der Waals surface area contributed by atoms with Crippen LogP contribution >= 0.6 is 0 Å². The normalized spacial score (nSPS) is 14.7. The van der Waals surface area contributed by atoms with Crippen molar-refractivity contribution in [3.05, 3.63) is 119 Å². The maximum atomic E-state index is 13.5. The largest absolute Gasteiger partial charge is 0.249 e. The number of allylic oxidation sites excluding steroid dienone is 2. The fourth-order valence-electron chi connectivity index (χ4n) is 2.95. The molecule has 30 heavy (non-hydrogen) atoms. The van der Waals surface area contributed by atoms with Crippen molar-refractivity contribution in [1.29, 1.82) is 0 Å². The highest BCUT2D eigenvalue weighted by molar-refractivity contribution is 7.89. The van der Waals surface area contributed by atoms with E-state index in [0.29, 0.717) is 14.7 Å². The lowest BCUT2D eigenvalue weighted by Crippen LogP contribution is -2.27. The topological polar surface area (TPSA) is 46.2 Å². The minimum absolute atomic E-state index is 0.506. The fraction of sp³-hybridized carbons (Fsp3) is 0.120. The predicted octanol–water partition coefficient (Wildman–Crippen LogP) is 5.53. The minimum atomic E-state index is -1.48. The van der Waals surface area contributed by atoms with Gasteiger partial charge >= 0.3 is 0 Å². The first kappa shape index (κ1) is 22.1. The van der Waals surface area contributed by atoms with Crippen LogP contribution in [-0.4, -0.2) is 8.42 Å². The van der Waals surface area contributed by atoms with Gasteiger partial charge in [0.2, 0.25) is 0 Å². The summed E-state index contributed by atoms with van der Waals surface area (Å²) in [5.41, 5.74) is 3.08. The third kappa shape index (κ3) is 5.51. The van der Waals surface area contributed by atoms with Crippen molar-refractivity contribution in [3.8, 4) is 0 Å². The zero-order valence-electron chi connectivity index (χ0n) is 17.1. The standard InChI is InChI=1S/C25H25NO2S2/c1-4-8-24(29(27)22-15-11-19(2)12-16-22)25(21-9-6-5-7-10-21)26-30(28)23-17-13-20(3)14-18-23/h4-18,25-26H,1H2,2-3H3/b24-8+/t25-,29?,30?/m1/s1. The van der Waals surface area contributed by atoms with Gasteiger partial charge in [-0.3, -0.25) is 0 Å². The molecule has 3 nitrogen and oxygen atoms in total. The summed E-state index contributed by atoms with van der Waals surface area (Å²) in [7, 11) is -2.93. The molecule has 0 aliphatic heterocycles. The lowest BCUT2D eigenvalue weighted by molar-refractivity contribution is 0.658. The van der Waals surface area contributed by atoms with Crippen molar-refractivity contribution in [3.63, 3.8) is 0 Å². The highest BCUT2D eigenvalue weighted by Gasteiger charge is 2.24. The van der Waals surface area contributed by atoms with Gasteiger partial charge < -0.3 is 0 Å². The van der Waals surface area contributed by atoms with E-state index in [1.807, 2.05) is 92.7 Å². The summed E-state index contributed by atoms with van der Waals surface area (Å²) in [6, 6.07) is 24.3. The first-order valence-electron chi connectivity index (χ1n) is 9.60. The van der Waals surface area contributed by atoms with Crippen LogP contribution in [0.25, 0.3) is 0 Å². The van der Waals surface area contributed by atoms with E-state index in [2.05, 4.69) is 11.3 Å². The molecule has 1 N–H and O–H groups in total. The van der Waals surface area contributed by atoms with Crippen molar-refractivity contribution in [2.24, 2.45) is 0 Å². The Balaban J connectivity index is 2.00. The third-order valence-corrected chi connectivity index (χ3v) is 7.26. The van der Waals surface area contributed by atoms with Crippen LogP contribution in [0.15, 0.2) is 112 Å². The van der Waals surface area contributed by atoms with Gasteiger partial charge in [-0.2, -0.15) is 0 Å². The molecule has 0 aliphatic rings. The smallest absolute Gasteiger partial charge is 0.125 e. The van der Waals surface area contributed by atoms with Gasteiger partial charge in [0.25, 0.3) is 0 Å². The van der Waals surface area contributed by atoms with E-state index in [9.17, 15) is 8.42 Å². The Hall–Kier alpha value is -2.60. The number of hydrogen-bond acceptors (Lipinski definition) is 2. The average molecular weight is 436 g/mol. The van der Waals surface area contributed by atoms with Gasteiger partial charge in [-0.05, 0) is 49.8 Å². The Morgan fingerprint density at radius 3 is 1.90 bits per heavy atom. The molecule has 0 heterocycles. The van der Waals surface area contributed by atoms with Crippen LogP contribution in [0.4, 0.5) is 0 Å². The van der Waals surface area contributed by atoms with Gasteiger partial charge in [0.1, 0.15) is 11.0 Å². The van der Waals surface area contributed by atoms with Crippen molar-refractivity contribution in [1.82, 2.24) is 4.72 Å². The quantitative estimate of drug-likeness (QED) is 0.473. The summed E-state index contributed by atoms with van der Waals surface area (Å²) in [6.45, 7) is 7.78. The number of rotatable bonds is 8. The van der Waals surface area contributed by atoms with Crippen molar-refractivity contribution >= 4 is 21.8 Å². The molecule has 0 spiro atoms. The zero-order chi connectivity index (χ0) is 21.5. The first-order valence-corrected chi connectivity index (χ1v) is 11.9. The SMILES string of the molecule is C=C/C=C(\[C@H](NS(=O)c1ccc(C)cc1)c1ccccc1)S(=O)c1ccc(C)cc1. The molecule has 3 atom stereocenters. The van der Waals surface area contributed by atoms with E-state index in [1.54, 1.807) is 12.2 Å². The van der Waals surface area contributed by atoms with Gasteiger partial charge in [0, 0.05) is 9.80 Å². The summed E-state index contributed by atoms with van der Waals surface area (Å²) in [4.78, 5) is 1.96. The highest BCUT2D eigenvalue weighted by atomic mass is 32.2. The maximum Gasteiger partial charge on any atom is 0.125 e. The Morgan fingerprint density at radius 1 is 0.833 bits per heavy atom. The summed E-state index contributed by atoms with van der Waals surface area (Å²) in [5, 5.41) is 0. The second-order valence-electron chi connectivity index (χ2n) is 6.93. The van der Waals surface area contributed by atoms with Crippen LogP contribution in [0.1, 0.15) is 22.7 Å². The molecule has 0 aliphatic carbocycles. The van der Waals surface area contributed by atoms with Gasteiger partial charge in [0.15, 0.2) is 0 Å². The van der Waals surface area contributed by atoms with Gasteiger partial charge in [-0.1, -0.05) is 78.4 Å². The molecule has 3 rings (SSSR count). The van der Waals surface area contributed by atoms with E-state index >= 15 is 0 Å². The average Bonchev–Trinajstić information content (AvgIpc) is 2.77. The lowest BCUT2D eigenvalue weighted by Gasteiger charge is -2.22. The van der Waals surface area contributed by atoms with E-state index in [4.69, 9.17) is 0 Å². The summed E-state index contributed by atoms with van der Waals surface area (Å²) < 4.78 is 29.8. The van der Waals surface area contributed by atoms with E-state index in [-0.39, 0.29) is 0 Å². The predicted molar refractivity (Wildman–Crippen MR) is 126 cm³/mol. The van der Waals surface area contributed by atoms with Crippen LogP contribution in [-0.2, 0) is 21.8 Å². The molecule has 0 amide bonds. The highest BCUT2D eigenvalue weighted by Crippen LogP contribution is 2.29. The molecule has 5 heteroatoms. The van der Waals surface area contributed by atoms with E-state index in [0.717, 1.165) is 16.7 Å². The lowest BCUT2D eigenvalue weighted by atomic mass is 10.1. The number of benzene rings is 3. The van der Waals surface area contributed by atoms with Crippen molar-refractivity contribution in [2.45, 2.75) is 29.7 Å². The van der Waals surface area contributed by atoms with Crippen molar-refractivity contribution < 1.29 is 8.42 Å². The Kier molecular flexibility index (Phi) is 7.69. The van der Waals surface area contributed by atoms with Crippen LogP contribution in [0.3, 0.4) is 0 Å². The Morgan fingerprint density at radius 2 is 1.37 bits per heavy atom. The molecular weight excluding hydrogens is 410 g/mol. The van der Waals surface area contributed by atoms with Crippen LogP contribution in [0, 0.1) is 13.8 Å². The Bertz CT molecular complexity index is 1070. The number of hydrogen-bond donors (Lipinski definition) is 1. The monoisotopic (exact) mass is 435 g/mol. The van der Waals surface area contributed by atoms with Crippen LogP contribution < -0.4 is 4.72 Å². The minimum Gasteiger partial charge on any atom is -0.249 e. The Labute approximate surface area is 183 Å². The fourth-order valence-corrected chi connectivity index (χ4v) is 5.31. The van der Waals surface area contributed by atoms with Crippen molar-refractivity contribution in [2.75, 3.05) is 0 Å². The first-order chi connectivity index (χ1) is 14.5. The van der Waals surface area contributed by atoms with Gasteiger partial charge in [0.05, 0.1) is 21.7 Å².